The number of benzene rings is 2. The molecule has 0 fully saturated rings. The van der Waals surface area contributed by atoms with E-state index in [1.165, 1.54) is 13.0 Å². The molecule has 5 nitrogen and oxygen atoms in total. The Labute approximate surface area is 185 Å². The third-order valence-corrected chi connectivity index (χ3v) is 5.41. The summed E-state index contributed by atoms with van der Waals surface area (Å²) in [6.07, 6.45) is 2.52. The second kappa shape index (κ2) is 11.0. The molecule has 1 N–H and O–H groups in total. The number of ether oxygens (including phenoxy) is 2. The Morgan fingerprint density at radius 1 is 1.00 bits per heavy atom. The Balaban J connectivity index is 1.74. The van der Waals surface area contributed by atoms with Gasteiger partial charge in [-0.3, -0.25) is 9.59 Å². The number of aryl methyl sites for hydroxylation is 3. The molecule has 0 spiro atoms. The summed E-state index contributed by atoms with van der Waals surface area (Å²) >= 11 is 0. The van der Waals surface area contributed by atoms with E-state index >= 15 is 0 Å². The lowest BCUT2D eigenvalue weighted by molar-refractivity contribution is -0.154. The van der Waals surface area contributed by atoms with E-state index in [2.05, 4.69) is 6.07 Å². The number of Topliss-reactive ketones (excluding diaryl/α,β-unsaturated/α-hetero) is 1. The van der Waals surface area contributed by atoms with E-state index in [-0.39, 0.29) is 24.1 Å². The molecule has 0 heterocycles. The summed E-state index contributed by atoms with van der Waals surface area (Å²) in [5.41, 5.74) is 2.91. The molecule has 0 radical (unpaired) electrons. The Hall–Kier alpha value is -2.82. The number of carbonyl (C=O) groups excluding carboxylic acids is 2. The number of ketones is 1. The van der Waals surface area contributed by atoms with Crippen LogP contribution in [0.2, 0.25) is 0 Å². The van der Waals surface area contributed by atoms with Crippen LogP contribution in [-0.2, 0) is 16.0 Å². The maximum Gasteiger partial charge on any atom is 0.311 e. The molecule has 168 valence electrons. The molecule has 0 aliphatic carbocycles. The summed E-state index contributed by atoms with van der Waals surface area (Å²) in [6.45, 7) is 10.1. The van der Waals surface area contributed by atoms with Crippen LogP contribution in [-0.4, -0.2) is 30.1 Å². The van der Waals surface area contributed by atoms with E-state index in [4.69, 9.17) is 9.47 Å². The molecule has 0 bridgehead atoms. The molecular weight excluding hydrogens is 392 g/mol. The lowest BCUT2D eigenvalue weighted by Crippen LogP contribution is -2.27. The van der Waals surface area contributed by atoms with Gasteiger partial charge in [0.25, 0.3) is 0 Å². The summed E-state index contributed by atoms with van der Waals surface area (Å²) in [5, 5.41) is 9.96. The number of rotatable bonds is 11. The normalized spacial score (nSPS) is 11.3. The molecule has 2 rings (SSSR count). The minimum absolute atomic E-state index is 0.0454. The number of esters is 1. The molecule has 0 aliphatic heterocycles. The molecule has 0 saturated carbocycles. The van der Waals surface area contributed by atoms with Crippen molar-refractivity contribution in [1.29, 1.82) is 0 Å². The SMILES string of the molecule is CC(=O)c1ccc(O)c(CCCOC(=O)C(C)(C)CCCOc2cc(C)ccc2C)c1. The van der Waals surface area contributed by atoms with Gasteiger partial charge in [-0.1, -0.05) is 12.1 Å². The third-order valence-electron chi connectivity index (χ3n) is 5.41. The molecule has 0 aliphatic rings. The highest BCUT2D eigenvalue weighted by Gasteiger charge is 2.28. The van der Waals surface area contributed by atoms with Crippen LogP contribution < -0.4 is 4.74 Å². The maximum absolute atomic E-state index is 12.5. The second-order valence-corrected chi connectivity index (χ2v) is 8.74. The van der Waals surface area contributed by atoms with E-state index in [1.54, 1.807) is 12.1 Å². The summed E-state index contributed by atoms with van der Waals surface area (Å²) in [5.74, 6) is 0.759. The molecule has 0 aromatic heterocycles. The largest absolute Gasteiger partial charge is 0.508 e. The van der Waals surface area contributed by atoms with Gasteiger partial charge in [0.1, 0.15) is 11.5 Å². The van der Waals surface area contributed by atoms with Crippen LogP contribution in [0.3, 0.4) is 0 Å². The van der Waals surface area contributed by atoms with Crippen molar-refractivity contribution in [2.24, 2.45) is 5.41 Å². The highest BCUT2D eigenvalue weighted by Crippen LogP contribution is 2.26. The second-order valence-electron chi connectivity index (χ2n) is 8.74. The van der Waals surface area contributed by atoms with Crippen molar-refractivity contribution in [1.82, 2.24) is 0 Å². The van der Waals surface area contributed by atoms with Gasteiger partial charge in [-0.15, -0.1) is 0 Å². The first-order valence-corrected chi connectivity index (χ1v) is 10.8. The first-order valence-electron chi connectivity index (χ1n) is 10.8. The van der Waals surface area contributed by atoms with Crippen LogP contribution in [0.5, 0.6) is 11.5 Å². The summed E-state index contributed by atoms with van der Waals surface area (Å²) in [4.78, 5) is 24.0. The standard InChI is InChI=1S/C26H34O5/c1-18-9-10-19(2)24(16-18)30-15-7-13-26(4,5)25(29)31-14-6-8-22-17-21(20(3)27)11-12-23(22)28/h9-12,16-17,28H,6-8,13-15H2,1-5H3. The number of aromatic hydroxyl groups is 1. The zero-order valence-electron chi connectivity index (χ0n) is 19.3. The van der Waals surface area contributed by atoms with Gasteiger partial charge in [0.15, 0.2) is 5.78 Å². The quantitative estimate of drug-likeness (QED) is 0.289. The number of phenolic OH excluding ortho intramolecular Hbond substituents is 1. The van der Waals surface area contributed by atoms with E-state index in [9.17, 15) is 14.7 Å². The molecule has 0 atom stereocenters. The number of phenols is 1. The Morgan fingerprint density at radius 3 is 2.45 bits per heavy atom. The first-order chi connectivity index (χ1) is 14.6. The molecule has 0 amide bonds. The van der Waals surface area contributed by atoms with Crippen molar-refractivity contribution in [3.05, 3.63) is 58.7 Å². The summed E-state index contributed by atoms with van der Waals surface area (Å²) in [7, 11) is 0. The fourth-order valence-corrected chi connectivity index (χ4v) is 3.29. The first kappa shape index (κ1) is 24.4. The number of carbonyl (C=O) groups is 2. The van der Waals surface area contributed by atoms with Gasteiger partial charge in [0.05, 0.1) is 18.6 Å². The van der Waals surface area contributed by atoms with Crippen LogP contribution in [0.1, 0.15) is 67.1 Å². The average molecular weight is 427 g/mol. The van der Waals surface area contributed by atoms with Crippen molar-refractivity contribution in [3.8, 4) is 11.5 Å². The molecule has 0 saturated heterocycles. The lowest BCUT2D eigenvalue weighted by atomic mass is 9.88. The minimum atomic E-state index is -0.596. The lowest BCUT2D eigenvalue weighted by Gasteiger charge is -2.22. The molecular formula is C26H34O5. The van der Waals surface area contributed by atoms with Crippen LogP contribution in [0, 0.1) is 19.3 Å². The fourth-order valence-electron chi connectivity index (χ4n) is 3.29. The van der Waals surface area contributed by atoms with E-state index in [1.807, 2.05) is 39.8 Å². The van der Waals surface area contributed by atoms with Gasteiger partial charge < -0.3 is 14.6 Å². The molecule has 2 aromatic carbocycles. The van der Waals surface area contributed by atoms with Gasteiger partial charge in [-0.2, -0.15) is 0 Å². The van der Waals surface area contributed by atoms with Crippen molar-refractivity contribution >= 4 is 11.8 Å². The highest BCUT2D eigenvalue weighted by atomic mass is 16.5. The Bertz CT molecular complexity index is 914. The van der Waals surface area contributed by atoms with Crippen molar-refractivity contribution in [2.75, 3.05) is 13.2 Å². The molecule has 31 heavy (non-hydrogen) atoms. The monoisotopic (exact) mass is 426 g/mol. The third kappa shape index (κ3) is 7.42. The van der Waals surface area contributed by atoms with Crippen LogP contribution in [0.15, 0.2) is 36.4 Å². The van der Waals surface area contributed by atoms with Gasteiger partial charge in [0, 0.05) is 5.56 Å². The van der Waals surface area contributed by atoms with Gasteiger partial charge in [-0.25, -0.2) is 0 Å². The van der Waals surface area contributed by atoms with Crippen LogP contribution >= 0.6 is 0 Å². The Morgan fingerprint density at radius 2 is 1.74 bits per heavy atom. The maximum atomic E-state index is 12.5. The predicted octanol–water partition coefficient (Wildman–Crippen LogP) is 5.57. The van der Waals surface area contributed by atoms with E-state index < -0.39 is 5.41 Å². The highest BCUT2D eigenvalue weighted by molar-refractivity contribution is 5.94. The zero-order valence-corrected chi connectivity index (χ0v) is 19.3. The Kier molecular flexibility index (Phi) is 8.66. The van der Waals surface area contributed by atoms with Crippen LogP contribution in [0.25, 0.3) is 0 Å². The van der Waals surface area contributed by atoms with Crippen molar-refractivity contribution in [3.63, 3.8) is 0 Å². The van der Waals surface area contributed by atoms with E-state index in [0.29, 0.717) is 37.0 Å². The molecule has 0 unspecified atom stereocenters. The fraction of sp³-hybridized carbons (Fsp3) is 0.462. The number of hydrogen-bond donors (Lipinski definition) is 1. The predicted molar refractivity (Wildman–Crippen MR) is 122 cm³/mol. The van der Waals surface area contributed by atoms with E-state index in [0.717, 1.165) is 23.3 Å². The average Bonchev–Trinajstić information content (AvgIpc) is 2.71. The van der Waals surface area contributed by atoms with Gasteiger partial charge in [-0.05, 0) is 101 Å². The summed E-state index contributed by atoms with van der Waals surface area (Å²) < 4.78 is 11.3. The minimum Gasteiger partial charge on any atom is -0.508 e. The van der Waals surface area contributed by atoms with Gasteiger partial charge >= 0.3 is 5.97 Å². The summed E-state index contributed by atoms with van der Waals surface area (Å²) in [6, 6.07) is 11.0. The smallest absolute Gasteiger partial charge is 0.311 e. The zero-order chi connectivity index (χ0) is 23.0. The van der Waals surface area contributed by atoms with Crippen molar-refractivity contribution < 1.29 is 24.2 Å². The molecule has 5 heteroatoms. The number of hydrogen-bond acceptors (Lipinski definition) is 5. The van der Waals surface area contributed by atoms with Gasteiger partial charge in [0.2, 0.25) is 0 Å². The van der Waals surface area contributed by atoms with Crippen molar-refractivity contribution in [2.45, 2.75) is 60.3 Å². The molecule has 2 aromatic rings. The topological polar surface area (TPSA) is 72.8 Å². The van der Waals surface area contributed by atoms with Crippen LogP contribution in [0.4, 0.5) is 0 Å².